The smallest absolute Gasteiger partial charge is 0.240 e. The van der Waals surface area contributed by atoms with Gasteiger partial charge in [0.2, 0.25) is 11.8 Å². The minimum atomic E-state index is -0.635. The second-order valence-corrected chi connectivity index (χ2v) is 6.24. The Balaban J connectivity index is 2.70. The van der Waals surface area contributed by atoms with Crippen LogP contribution in [0.15, 0.2) is 0 Å². The highest BCUT2D eigenvalue weighted by Crippen LogP contribution is 2.31. The number of carbonyl (C=O) groups is 2. The molecule has 0 aliphatic heterocycles. The molecule has 5 heteroatoms. The van der Waals surface area contributed by atoms with E-state index in [-0.39, 0.29) is 23.2 Å². The van der Waals surface area contributed by atoms with Crippen molar-refractivity contribution in [3.63, 3.8) is 0 Å². The second kappa shape index (κ2) is 5.69. The van der Waals surface area contributed by atoms with Crippen LogP contribution in [0, 0.1) is 17.3 Å². The van der Waals surface area contributed by atoms with Crippen molar-refractivity contribution < 1.29 is 9.59 Å². The average Bonchev–Trinajstić information content (AvgIpc) is 2.71. The third kappa shape index (κ3) is 3.45. The summed E-state index contributed by atoms with van der Waals surface area (Å²) in [5.74, 6) is -0.405. The molecule has 1 saturated carbocycles. The molecule has 2 amide bonds. The van der Waals surface area contributed by atoms with Crippen LogP contribution in [0.4, 0.5) is 0 Å². The molecule has 0 aromatic carbocycles. The highest BCUT2D eigenvalue weighted by molar-refractivity contribution is 5.88. The summed E-state index contributed by atoms with van der Waals surface area (Å²) in [6.45, 7) is 6.18. The Bertz CT molecular complexity index is 323. The van der Waals surface area contributed by atoms with E-state index in [9.17, 15) is 9.59 Å². The Labute approximate surface area is 109 Å². The molecule has 104 valence electrons. The van der Waals surface area contributed by atoms with Crippen molar-refractivity contribution in [1.82, 2.24) is 5.32 Å². The molecule has 0 heterocycles. The van der Waals surface area contributed by atoms with E-state index in [1.807, 2.05) is 20.8 Å². The molecule has 0 bridgehead atoms. The number of rotatable bonds is 4. The Morgan fingerprint density at radius 3 is 2.39 bits per heavy atom. The van der Waals surface area contributed by atoms with Crippen molar-refractivity contribution >= 4 is 11.8 Å². The molecular formula is C13H25N3O2. The number of nitrogens with one attached hydrogen (secondary N) is 1. The lowest BCUT2D eigenvalue weighted by molar-refractivity contribution is -0.132. The van der Waals surface area contributed by atoms with E-state index < -0.39 is 11.9 Å². The molecular weight excluding hydrogens is 230 g/mol. The summed E-state index contributed by atoms with van der Waals surface area (Å²) in [6.07, 6.45) is 2.87. The summed E-state index contributed by atoms with van der Waals surface area (Å²) in [5, 5.41) is 2.79. The van der Waals surface area contributed by atoms with Gasteiger partial charge in [-0.05, 0) is 30.7 Å². The summed E-state index contributed by atoms with van der Waals surface area (Å²) in [6, 6.07) is -0.635. The van der Waals surface area contributed by atoms with Gasteiger partial charge in [-0.1, -0.05) is 27.2 Å². The molecule has 1 aliphatic rings. The second-order valence-electron chi connectivity index (χ2n) is 6.24. The Kier molecular flexibility index (Phi) is 4.73. The topological polar surface area (TPSA) is 98.2 Å². The third-order valence-corrected chi connectivity index (χ3v) is 3.74. The summed E-state index contributed by atoms with van der Waals surface area (Å²) in [4.78, 5) is 23.6. The van der Waals surface area contributed by atoms with Crippen molar-refractivity contribution in [2.75, 3.05) is 6.54 Å². The predicted octanol–water partition coefficient (Wildman–Crippen LogP) is 0.378. The normalized spacial score (nSPS) is 25.8. The van der Waals surface area contributed by atoms with Gasteiger partial charge in [0.25, 0.3) is 0 Å². The summed E-state index contributed by atoms with van der Waals surface area (Å²) < 4.78 is 0. The van der Waals surface area contributed by atoms with Crippen LogP contribution in [0.5, 0.6) is 0 Å². The highest BCUT2D eigenvalue weighted by atomic mass is 16.2. The zero-order valence-corrected chi connectivity index (χ0v) is 11.5. The third-order valence-electron chi connectivity index (χ3n) is 3.74. The van der Waals surface area contributed by atoms with Crippen LogP contribution in [0.1, 0.15) is 40.0 Å². The fourth-order valence-corrected chi connectivity index (χ4v) is 2.63. The molecule has 1 fully saturated rings. The molecule has 5 nitrogen and oxygen atoms in total. The maximum Gasteiger partial charge on any atom is 0.240 e. The van der Waals surface area contributed by atoms with Crippen LogP contribution < -0.4 is 16.8 Å². The quantitative estimate of drug-likeness (QED) is 0.677. The van der Waals surface area contributed by atoms with Gasteiger partial charge >= 0.3 is 0 Å². The lowest BCUT2D eigenvalue weighted by Crippen LogP contribution is -2.53. The van der Waals surface area contributed by atoms with E-state index in [2.05, 4.69) is 5.32 Å². The van der Waals surface area contributed by atoms with Crippen LogP contribution in [-0.4, -0.2) is 24.4 Å². The Morgan fingerprint density at radius 1 is 1.33 bits per heavy atom. The first-order chi connectivity index (χ1) is 8.27. The molecule has 1 aliphatic carbocycles. The van der Waals surface area contributed by atoms with Gasteiger partial charge in [-0.2, -0.15) is 0 Å². The van der Waals surface area contributed by atoms with E-state index in [4.69, 9.17) is 11.5 Å². The van der Waals surface area contributed by atoms with Gasteiger partial charge in [0.15, 0.2) is 0 Å². The molecule has 1 unspecified atom stereocenters. The van der Waals surface area contributed by atoms with Crippen LogP contribution in [0.3, 0.4) is 0 Å². The van der Waals surface area contributed by atoms with E-state index in [1.54, 1.807) is 0 Å². The van der Waals surface area contributed by atoms with Crippen molar-refractivity contribution in [1.29, 1.82) is 0 Å². The first-order valence-electron chi connectivity index (χ1n) is 6.57. The fraction of sp³-hybridized carbons (Fsp3) is 0.846. The monoisotopic (exact) mass is 255 g/mol. The number of nitrogens with two attached hydrogens (primary N) is 2. The Morgan fingerprint density at radius 2 is 1.94 bits per heavy atom. The van der Waals surface area contributed by atoms with Gasteiger partial charge < -0.3 is 16.8 Å². The lowest BCUT2D eigenvalue weighted by atomic mass is 9.85. The standard InChI is InChI=1S/C13H25N3O2/c1-13(2,3)10(11(15)17)16-12(18)9-6-4-5-8(9)7-14/h8-10H,4-7,14H2,1-3H3,(H2,15,17)(H,16,18)/t8-,9-,10?/m1/s1. The van der Waals surface area contributed by atoms with Gasteiger partial charge in [0, 0.05) is 5.92 Å². The van der Waals surface area contributed by atoms with Gasteiger partial charge in [-0.25, -0.2) is 0 Å². The first kappa shape index (κ1) is 15.0. The summed E-state index contributed by atoms with van der Waals surface area (Å²) in [7, 11) is 0. The number of primary amides is 1. The van der Waals surface area contributed by atoms with Gasteiger partial charge in [-0.3, -0.25) is 9.59 Å². The maximum absolute atomic E-state index is 12.2. The molecule has 1 rings (SSSR count). The van der Waals surface area contributed by atoms with Crippen LogP contribution in [0.25, 0.3) is 0 Å². The maximum atomic E-state index is 12.2. The van der Waals surface area contributed by atoms with E-state index in [0.29, 0.717) is 6.54 Å². The molecule has 0 spiro atoms. The molecule has 18 heavy (non-hydrogen) atoms. The zero-order valence-electron chi connectivity index (χ0n) is 11.5. The van der Waals surface area contributed by atoms with Crippen LogP contribution in [-0.2, 0) is 9.59 Å². The van der Waals surface area contributed by atoms with Crippen molar-refractivity contribution in [3.05, 3.63) is 0 Å². The summed E-state index contributed by atoms with van der Waals surface area (Å²) >= 11 is 0. The average molecular weight is 255 g/mol. The van der Waals surface area contributed by atoms with Gasteiger partial charge in [0.05, 0.1) is 0 Å². The zero-order chi connectivity index (χ0) is 13.9. The predicted molar refractivity (Wildman–Crippen MR) is 70.5 cm³/mol. The highest BCUT2D eigenvalue weighted by Gasteiger charge is 2.36. The van der Waals surface area contributed by atoms with Crippen LogP contribution in [0.2, 0.25) is 0 Å². The van der Waals surface area contributed by atoms with Crippen molar-refractivity contribution in [3.8, 4) is 0 Å². The first-order valence-corrected chi connectivity index (χ1v) is 6.57. The SMILES string of the molecule is CC(C)(C)C(NC(=O)[C@@H]1CCC[C@@H]1CN)C(N)=O. The number of hydrogen-bond acceptors (Lipinski definition) is 3. The summed E-state index contributed by atoms with van der Waals surface area (Å²) in [5.41, 5.74) is 10.6. The van der Waals surface area contributed by atoms with Crippen LogP contribution >= 0.6 is 0 Å². The molecule has 0 radical (unpaired) electrons. The Hall–Kier alpha value is -1.10. The van der Waals surface area contributed by atoms with Crippen molar-refractivity contribution in [2.45, 2.75) is 46.1 Å². The van der Waals surface area contributed by atoms with Crippen molar-refractivity contribution in [2.24, 2.45) is 28.7 Å². The van der Waals surface area contributed by atoms with Gasteiger partial charge in [-0.15, -0.1) is 0 Å². The number of carbonyl (C=O) groups excluding carboxylic acids is 2. The number of amides is 2. The molecule has 3 atom stereocenters. The lowest BCUT2D eigenvalue weighted by Gasteiger charge is -2.30. The van der Waals surface area contributed by atoms with E-state index >= 15 is 0 Å². The molecule has 0 saturated heterocycles. The van der Waals surface area contributed by atoms with E-state index in [1.165, 1.54) is 0 Å². The number of hydrogen-bond donors (Lipinski definition) is 3. The minimum Gasteiger partial charge on any atom is -0.368 e. The minimum absolute atomic E-state index is 0.0702. The molecule has 5 N–H and O–H groups in total. The molecule has 0 aromatic rings. The van der Waals surface area contributed by atoms with E-state index in [0.717, 1.165) is 19.3 Å². The van der Waals surface area contributed by atoms with Gasteiger partial charge in [0.1, 0.15) is 6.04 Å². The molecule has 0 aromatic heterocycles. The fourth-order valence-electron chi connectivity index (χ4n) is 2.63. The largest absolute Gasteiger partial charge is 0.368 e.